The van der Waals surface area contributed by atoms with E-state index in [2.05, 4.69) is 26.3 Å². The minimum atomic E-state index is 0.131. The number of hydrogen-bond acceptors (Lipinski definition) is 4. The summed E-state index contributed by atoms with van der Waals surface area (Å²) in [6, 6.07) is 2.05. The van der Waals surface area contributed by atoms with Crippen LogP contribution in [0.3, 0.4) is 0 Å². The standard InChI is InChI=1S/C19H30N4O/c1-15-13-18(23-11-5-2-6-12-23)22-17(21-15)14-20-19(24)10-9-16-7-3-4-8-16/h13,16H,2-12,14H2,1H3,(H,20,24). The minimum absolute atomic E-state index is 0.131. The maximum Gasteiger partial charge on any atom is 0.220 e. The lowest BCUT2D eigenvalue weighted by atomic mass is 10.0. The van der Waals surface area contributed by atoms with Crippen molar-refractivity contribution in [1.82, 2.24) is 15.3 Å². The lowest BCUT2D eigenvalue weighted by molar-refractivity contribution is -0.121. The normalized spacial score (nSPS) is 18.8. The van der Waals surface area contributed by atoms with Gasteiger partial charge in [-0.25, -0.2) is 9.97 Å². The summed E-state index contributed by atoms with van der Waals surface area (Å²) in [5.74, 6) is 2.63. The van der Waals surface area contributed by atoms with E-state index in [-0.39, 0.29) is 5.91 Å². The van der Waals surface area contributed by atoms with Gasteiger partial charge < -0.3 is 10.2 Å². The summed E-state index contributed by atoms with van der Waals surface area (Å²) < 4.78 is 0. The van der Waals surface area contributed by atoms with Crippen LogP contribution in [-0.2, 0) is 11.3 Å². The largest absolute Gasteiger partial charge is 0.357 e. The summed E-state index contributed by atoms with van der Waals surface area (Å²) in [5, 5.41) is 3.00. The molecule has 1 saturated carbocycles. The van der Waals surface area contributed by atoms with Crippen LogP contribution in [0.1, 0.15) is 69.3 Å². The van der Waals surface area contributed by atoms with Crippen LogP contribution in [0.25, 0.3) is 0 Å². The van der Waals surface area contributed by atoms with Gasteiger partial charge >= 0.3 is 0 Å². The molecule has 1 aromatic heterocycles. The Morgan fingerprint density at radius 1 is 1.17 bits per heavy atom. The van der Waals surface area contributed by atoms with Gasteiger partial charge in [0.1, 0.15) is 11.6 Å². The van der Waals surface area contributed by atoms with Crippen molar-refractivity contribution in [3.05, 3.63) is 17.6 Å². The number of piperidine rings is 1. The van der Waals surface area contributed by atoms with E-state index in [4.69, 9.17) is 0 Å². The number of carbonyl (C=O) groups is 1. The smallest absolute Gasteiger partial charge is 0.220 e. The molecule has 0 atom stereocenters. The van der Waals surface area contributed by atoms with Crippen molar-refractivity contribution in [2.75, 3.05) is 18.0 Å². The monoisotopic (exact) mass is 330 g/mol. The van der Waals surface area contributed by atoms with Gasteiger partial charge in [-0.2, -0.15) is 0 Å². The SMILES string of the molecule is Cc1cc(N2CCCCC2)nc(CNC(=O)CCC2CCCC2)n1. The van der Waals surface area contributed by atoms with Crippen LogP contribution in [0, 0.1) is 12.8 Å². The number of nitrogens with zero attached hydrogens (tertiary/aromatic N) is 3. The highest BCUT2D eigenvalue weighted by Crippen LogP contribution is 2.28. The highest BCUT2D eigenvalue weighted by atomic mass is 16.1. The molecule has 1 aliphatic heterocycles. The Hall–Kier alpha value is -1.65. The summed E-state index contributed by atoms with van der Waals surface area (Å²) in [6.07, 6.45) is 10.7. The maximum atomic E-state index is 12.1. The zero-order valence-electron chi connectivity index (χ0n) is 14.9. The third kappa shape index (κ3) is 4.92. The Morgan fingerprint density at radius 3 is 2.67 bits per heavy atom. The lowest BCUT2D eigenvalue weighted by Crippen LogP contribution is -2.31. The van der Waals surface area contributed by atoms with Gasteiger partial charge in [-0.3, -0.25) is 4.79 Å². The molecule has 0 spiro atoms. The Morgan fingerprint density at radius 2 is 1.92 bits per heavy atom. The first kappa shape index (κ1) is 17.2. The Kier molecular flexibility index (Phi) is 6.05. The number of rotatable bonds is 6. The Balaban J connectivity index is 1.50. The summed E-state index contributed by atoms with van der Waals surface area (Å²) in [7, 11) is 0. The molecule has 0 unspecified atom stereocenters. The molecule has 2 heterocycles. The molecule has 1 amide bonds. The molecule has 2 fully saturated rings. The quantitative estimate of drug-likeness (QED) is 0.869. The molecule has 5 heteroatoms. The van der Waals surface area contributed by atoms with E-state index in [1.807, 2.05) is 6.92 Å². The van der Waals surface area contributed by atoms with Gasteiger partial charge in [-0.15, -0.1) is 0 Å². The second-order valence-electron chi connectivity index (χ2n) is 7.30. The van der Waals surface area contributed by atoms with E-state index in [0.717, 1.165) is 42.8 Å². The van der Waals surface area contributed by atoms with E-state index < -0.39 is 0 Å². The second-order valence-corrected chi connectivity index (χ2v) is 7.30. The van der Waals surface area contributed by atoms with Crippen molar-refractivity contribution >= 4 is 11.7 Å². The van der Waals surface area contributed by atoms with Crippen LogP contribution in [0.5, 0.6) is 0 Å². The minimum Gasteiger partial charge on any atom is -0.357 e. The van der Waals surface area contributed by atoms with Gasteiger partial charge in [-0.1, -0.05) is 25.7 Å². The van der Waals surface area contributed by atoms with Crippen LogP contribution in [0.15, 0.2) is 6.07 Å². The number of anilines is 1. The predicted octanol–water partition coefficient (Wildman–Crippen LogP) is 3.36. The molecule has 0 radical (unpaired) electrons. The fraction of sp³-hybridized carbons (Fsp3) is 0.737. The number of amides is 1. The fourth-order valence-corrected chi connectivity index (χ4v) is 3.88. The lowest BCUT2D eigenvalue weighted by Gasteiger charge is -2.28. The van der Waals surface area contributed by atoms with Gasteiger partial charge in [0.2, 0.25) is 5.91 Å². The van der Waals surface area contributed by atoms with Crippen LogP contribution in [-0.4, -0.2) is 29.0 Å². The summed E-state index contributed by atoms with van der Waals surface area (Å²) in [5.41, 5.74) is 0.973. The van der Waals surface area contributed by atoms with Crippen molar-refractivity contribution in [2.45, 2.75) is 71.3 Å². The molecular weight excluding hydrogens is 300 g/mol. The Labute approximate surface area is 145 Å². The van der Waals surface area contributed by atoms with Crippen LogP contribution >= 0.6 is 0 Å². The molecule has 132 valence electrons. The van der Waals surface area contributed by atoms with Gasteiger partial charge in [-0.05, 0) is 38.5 Å². The maximum absolute atomic E-state index is 12.1. The first-order valence-corrected chi connectivity index (χ1v) is 9.57. The zero-order valence-corrected chi connectivity index (χ0v) is 14.9. The molecule has 1 saturated heterocycles. The highest BCUT2D eigenvalue weighted by molar-refractivity contribution is 5.75. The number of carbonyl (C=O) groups excluding carboxylic acids is 1. The van der Waals surface area contributed by atoms with E-state index in [1.54, 1.807) is 0 Å². The molecule has 1 N–H and O–H groups in total. The molecule has 0 bridgehead atoms. The third-order valence-corrected chi connectivity index (χ3v) is 5.27. The Bertz CT molecular complexity index is 548. The molecule has 1 aliphatic carbocycles. The number of aryl methyl sites for hydroxylation is 1. The van der Waals surface area contributed by atoms with E-state index >= 15 is 0 Å². The van der Waals surface area contributed by atoms with Crippen molar-refractivity contribution in [3.63, 3.8) is 0 Å². The van der Waals surface area contributed by atoms with Gasteiger partial charge in [0.05, 0.1) is 6.54 Å². The first-order chi connectivity index (χ1) is 11.7. The molecule has 5 nitrogen and oxygen atoms in total. The average molecular weight is 330 g/mol. The van der Waals surface area contributed by atoms with Gasteiger partial charge in [0.15, 0.2) is 0 Å². The van der Waals surface area contributed by atoms with Gasteiger partial charge in [0, 0.05) is 31.3 Å². The van der Waals surface area contributed by atoms with Crippen molar-refractivity contribution in [1.29, 1.82) is 0 Å². The molecule has 3 rings (SSSR count). The van der Waals surface area contributed by atoms with Crippen LogP contribution < -0.4 is 10.2 Å². The van der Waals surface area contributed by atoms with E-state index in [0.29, 0.717) is 13.0 Å². The summed E-state index contributed by atoms with van der Waals surface area (Å²) >= 11 is 0. The first-order valence-electron chi connectivity index (χ1n) is 9.57. The molecular formula is C19H30N4O. The third-order valence-electron chi connectivity index (χ3n) is 5.27. The van der Waals surface area contributed by atoms with Crippen LogP contribution in [0.2, 0.25) is 0 Å². The zero-order chi connectivity index (χ0) is 16.8. The highest BCUT2D eigenvalue weighted by Gasteiger charge is 2.17. The van der Waals surface area contributed by atoms with Crippen LogP contribution in [0.4, 0.5) is 5.82 Å². The predicted molar refractivity (Wildman–Crippen MR) is 95.9 cm³/mol. The number of nitrogens with one attached hydrogen (secondary N) is 1. The van der Waals surface area contributed by atoms with Crippen molar-refractivity contribution in [2.24, 2.45) is 5.92 Å². The summed E-state index contributed by atoms with van der Waals surface area (Å²) in [4.78, 5) is 23.6. The second kappa shape index (κ2) is 8.45. The van der Waals surface area contributed by atoms with Crippen molar-refractivity contribution in [3.8, 4) is 0 Å². The summed E-state index contributed by atoms with van der Waals surface area (Å²) in [6.45, 7) is 4.58. The number of hydrogen-bond donors (Lipinski definition) is 1. The van der Waals surface area contributed by atoms with Crippen molar-refractivity contribution < 1.29 is 4.79 Å². The molecule has 0 aromatic carbocycles. The topological polar surface area (TPSA) is 58.1 Å². The van der Waals surface area contributed by atoms with E-state index in [1.165, 1.54) is 44.9 Å². The number of aromatic nitrogens is 2. The molecule has 1 aromatic rings. The fourth-order valence-electron chi connectivity index (χ4n) is 3.88. The average Bonchev–Trinajstić information content (AvgIpc) is 3.12. The van der Waals surface area contributed by atoms with E-state index in [9.17, 15) is 4.79 Å². The molecule has 2 aliphatic rings. The van der Waals surface area contributed by atoms with Gasteiger partial charge in [0.25, 0.3) is 0 Å². The molecule has 24 heavy (non-hydrogen) atoms.